The molecule has 0 amide bonds. The minimum Gasteiger partial charge on any atom is -0.495 e. The van der Waals surface area contributed by atoms with E-state index in [4.69, 9.17) is 10.5 Å². The predicted molar refractivity (Wildman–Crippen MR) is 83.6 cm³/mol. The van der Waals surface area contributed by atoms with Crippen LogP contribution in [0.5, 0.6) is 5.75 Å². The zero-order valence-corrected chi connectivity index (χ0v) is 13.6. The lowest BCUT2D eigenvalue weighted by Crippen LogP contribution is -2.14. The topological polar surface area (TPSA) is 94.3 Å². The zero-order valence-electron chi connectivity index (χ0n) is 11.2. The summed E-state index contributed by atoms with van der Waals surface area (Å²) in [7, 11) is -2.24. The van der Waals surface area contributed by atoms with E-state index in [1.165, 1.54) is 19.4 Å². The lowest BCUT2D eigenvalue weighted by molar-refractivity contribution is 0.412. The smallest absolute Gasteiger partial charge is 0.279 e. The molecule has 0 spiro atoms. The van der Waals surface area contributed by atoms with E-state index in [1.54, 1.807) is 24.3 Å². The molecule has 21 heavy (non-hydrogen) atoms. The Morgan fingerprint density at radius 1 is 1.33 bits per heavy atom. The van der Waals surface area contributed by atoms with Crippen molar-refractivity contribution in [2.75, 3.05) is 11.8 Å². The molecule has 0 atom stereocenters. The molecule has 0 radical (unpaired) electrons. The fraction of sp³-hybridized carbons (Fsp3) is 0.154. The maximum absolute atomic E-state index is 12.2. The van der Waals surface area contributed by atoms with E-state index in [0.29, 0.717) is 18.0 Å². The summed E-state index contributed by atoms with van der Waals surface area (Å²) in [6.07, 6.45) is 1.44. The van der Waals surface area contributed by atoms with E-state index in [1.807, 2.05) is 0 Å². The fourth-order valence-electron chi connectivity index (χ4n) is 1.62. The number of hydrogen-bond donors (Lipinski definition) is 2. The summed E-state index contributed by atoms with van der Waals surface area (Å²) in [4.78, 5) is 3.91. The summed E-state index contributed by atoms with van der Waals surface area (Å²) in [5.41, 5.74) is 6.61. The zero-order chi connectivity index (χ0) is 15.5. The number of anilines is 1. The van der Waals surface area contributed by atoms with Crippen LogP contribution in [-0.4, -0.2) is 20.5 Å². The number of ether oxygens (including phenoxy) is 1. The summed E-state index contributed by atoms with van der Waals surface area (Å²) < 4.78 is 32.8. The first-order valence-corrected chi connectivity index (χ1v) is 8.25. The van der Waals surface area contributed by atoms with Crippen LogP contribution < -0.4 is 15.2 Å². The monoisotopic (exact) mass is 371 g/mol. The average molecular weight is 372 g/mol. The number of nitrogens with two attached hydrogens (primary N) is 1. The summed E-state index contributed by atoms with van der Waals surface area (Å²) in [6.45, 7) is 0.310. The second-order valence-corrected chi connectivity index (χ2v) is 6.65. The minimum absolute atomic E-state index is 0.0680. The highest BCUT2D eigenvalue weighted by Gasteiger charge is 2.16. The van der Waals surface area contributed by atoms with Gasteiger partial charge in [-0.3, -0.25) is 4.72 Å². The normalized spacial score (nSPS) is 11.2. The lowest BCUT2D eigenvalue weighted by Gasteiger charge is -2.10. The molecule has 0 aliphatic rings. The van der Waals surface area contributed by atoms with Crippen molar-refractivity contribution in [1.82, 2.24) is 4.98 Å². The Bertz CT molecular complexity index is 733. The number of nitrogens with zero attached hydrogens (tertiary/aromatic N) is 1. The van der Waals surface area contributed by atoms with Gasteiger partial charge in [-0.15, -0.1) is 0 Å². The Morgan fingerprint density at radius 2 is 2.10 bits per heavy atom. The van der Waals surface area contributed by atoms with Crippen LogP contribution in [0.15, 0.2) is 46.0 Å². The highest BCUT2D eigenvalue weighted by Crippen LogP contribution is 2.28. The quantitative estimate of drug-likeness (QED) is 0.839. The van der Waals surface area contributed by atoms with Gasteiger partial charge in [-0.25, -0.2) is 4.98 Å². The third kappa shape index (κ3) is 3.72. The number of aromatic nitrogens is 1. The first-order valence-electron chi connectivity index (χ1n) is 5.97. The first kappa shape index (κ1) is 15.7. The maximum Gasteiger partial charge on any atom is 0.279 e. The van der Waals surface area contributed by atoms with Gasteiger partial charge in [0, 0.05) is 18.8 Å². The molecule has 8 heteroatoms. The van der Waals surface area contributed by atoms with Crippen LogP contribution in [0.2, 0.25) is 0 Å². The van der Waals surface area contributed by atoms with Gasteiger partial charge in [0.25, 0.3) is 10.0 Å². The number of hydrogen-bond acceptors (Lipinski definition) is 5. The van der Waals surface area contributed by atoms with Crippen LogP contribution in [0.3, 0.4) is 0 Å². The van der Waals surface area contributed by atoms with E-state index < -0.39 is 10.0 Å². The van der Waals surface area contributed by atoms with Crippen molar-refractivity contribution >= 4 is 31.6 Å². The number of benzene rings is 1. The van der Waals surface area contributed by atoms with Crippen molar-refractivity contribution in [3.63, 3.8) is 0 Å². The molecule has 1 heterocycles. The van der Waals surface area contributed by atoms with E-state index >= 15 is 0 Å². The second kappa shape index (κ2) is 6.42. The third-order valence-corrected chi connectivity index (χ3v) is 4.66. The van der Waals surface area contributed by atoms with E-state index in [9.17, 15) is 8.42 Å². The van der Waals surface area contributed by atoms with E-state index in [0.717, 1.165) is 10.0 Å². The number of sulfonamides is 1. The molecule has 0 bridgehead atoms. The van der Waals surface area contributed by atoms with Gasteiger partial charge in [0.05, 0.1) is 17.3 Å². The molecule has 1 aromatic heterocycles. The Hall–Kier alpha value is -1.64. The van der Waals surface area contributed by atoms with Crippen molar-refractivity contribution < 1.29 is 13.2 Å². The van der Waals surface area contributed by atoms with Gasteiger partial charge in [-0.05, 0) is 39.7 Å². The fourth-order valence-corrected chi connectivity index (χ4v) is 3.01. The second-order valence-electron chi connectivity index (χ2n) is 4.16. The van der Waals surface area contributed by atoms with Gasteiger partial charge in [-0.2, -0.15) is 8.42 Å². The molecule has 2 rings (SSSR count). The highest BCUT2D eigenvalue weighted by atomic mass is 79.9. The van der Waals surface area contributed by atoms with E-state index in [2.05, 4.69) is 25.6 Å². The molecular formula is C13H14BrN3O3S. The van der Waals surface area contributed by atoms with Crippen LogP contribution in [0.25, 0.3) is 0 Å². The van der Waals surface area contributed by atoms with Crippen LogP contribution in [0.4, 0.5) is 5.69 Å². The van der Waals surface area contributed by atoms with Crippen molar-refractivity contribution in [2.45, 2.75) is 11.6 Å². The molecule has 0 fully saturated rings. The molecular weight excluding hydrogens is 358 g/mol. The maximum atomic E-state index is 12.2. The predicted octanol–water partition coefficient (Wildman–Crippen LogP) is 2.11. The highest BCUT2D eigenvalue weighted by molar-refractivity contribution is 9.10. The summed E-state index contributed by atoms with van der Waals surface area (Å²) in [5.74, 6) is 0.529. The van der Waals surface area contributed by atoms with Gasteiger partial charge in [-0.1, -0.05) is 6.07 Å². The Kier molecular flexibility index (Phi) is 4.81. The van der Waals surface area contributed by atoms with Crippen LogP contribution in [0.1, 0.15) is 5.56 Å². The summed E-state index contributed by atoms with van der Waals surface area (Å²) >= 11 is 3.30. The molecule has 112 valence electrons. The van der Waals surface area contributed by atoms with E-state index in [-0.39, 0.29) is 5.03 Å². The van der Waals surface area contributed by atoms with Crippen LogP contribution >= 0.6 is 15.9 Å². The van der Waals surface area contributed by atoms with Crippen molar-refractivity contribution in [3.8, 4) is 5.75 Å². The van der Waals surface area contributed by atoms with Gasteiger partial charge < -0.3 is 10.5 Å². The largest absolute Gasteiger partial charge is 0.495 e. The number of methoxy groups -OCH3 is 1. The molecule has 0 saturated carbocycles. The van der Waals surface area contributed by atoms with Gasteiger partial charge in [0.2, 0.25) is 0 Å². The minimum atomic E-state index is -3.75. The summed E-state index contributed by atoms with van der Waals surface area (Å²) in [5, 5.41) is -0.0680. The number of nitrogens with one attached hydrogen (secondary N) is 1. The third-order valence-electron chi connectivity index (χ3n) is 2.71. The Labute approximate surface area is 131 Å². The lowest BCUT2D eigenvalue weighted by atomic mass is 10.3. The van der Waals surface area contributed by atoms with Gasteiger partial charge in [0.15, 0.2) is 5.03 Å². The standard InChI is InChI=1S/C13H14BrN3O3S/c1-20-12-6-10(3-4-11(12)14)17-21(18,19)13-5-2-9(7-15)8-16-13/h2-6,8,17H,7,15H2,1H3. The van der Waals surface area contributed by atoms with Crippen LogP contribution in [-0.2, 0) is 16.6 Å². The van der Waals surface area contributed by atoms with Crippen molar-refractivity contribution in [3.05, 3.63) is 46.6 Å². The molecule has 2 aromatic rings. The first-order chi connectivity index (χ1) is 9.96. The van der Waals surface area contributed by atoms with Crippen molar-refractivity contribution in [2.24, 2.45) is 5.73 Å². The van der Waals surface area contributed by atoms with Gasteiger partial charge >= 0.3 is 0 Å². The molecule has 3 N–H and O–H groups in total. The number of halogens is 1. The number of pyridine rings is 1. The number of rotatable bonds is 5. The Morgan fingerprint density at radius 3 is 2.67 bits per heavy atom. The molecule has 0 aliphatic carbocycles. The molecule has 0 aliphatic heterocycles. The van der Waals surface area contributed by atoms with Crippen LogP contribution in [0, 0.1) is 0 Å². The SMILES string of the molecule is COc1cc(NS(=O)(=O)c2ccc(CN)cn2)ccc1Br. The average Bonchev–Trinajstić information content (AvgIpc) is 2.49. The molecule has 0 unspecified atom stereocenters. The molecule has 1 aromatic carbocycles. The van der Waals surface area contributed by atoms with Crippen molar-refractivity contribution in [1.29, 1.82) is 0 Å². The molecule has 6 nitrogen and oxygen atoms in total. The van der Waals surface area contributed by atoms with Gasteiger partial charge in [0.1, 0.15) is 5.75 Å². The molecule has 0 saturated heterocycles. The summed E-state index contributed by atoms with van der Waals surface area (Å²) in [6, 6.07) is 7.94. The Balaban J connectivity index is 2.28.